The second kappa shape index (κ2) is 7.35. The number of hydrogen-bond donors (Lipinski definition) is 1. The van der Waals surface area contributed by atoms with Gasteiger partial charge in [-0.2, -0.15) is 0 Å². The van der Waals surface area contributed by atoms with Crippen molar-refractivity contribution in [2.75, 3.05) is 19.8 Å². The average molecular weight is 355 g/mol. The van der Waals surface area contributed by atoms with Crippen molar-refractivity contribution in [1.82, 2.24) is 19.9 Å². The van der Waals surface area contributed by atoms with E-state index in [4.69, 9.17) is 16.3 Å². The minimum absolute atomic E-state index is 0.111. The van der Waals surface area contributed by atoms with Crippen LogP contribution in [0.1, 0.15) is 17.4 Å². The fourth-order valence-corrected chi connectivity index (χ4v) is 3.21. The zero-order chi connectivity index (χ0) is 17.1. The number of pyridine rings is 1. The Labute approximate surface area is 151 Å². The molecule has 0 amide bonds. The Hall–Kier alpha value is -2.21. The van der Waals surface area contributed by atoms with E-state index in [1.165, 1.54) is 5.56 Å². The number of halogens is 1. The molecule has 0 spiro atoms. The van der Waals surface area contributed by atoms with E-state index in [0.717, 1.165) is 41.8 Å². The van der Waals surface area contributed by atoms with Crippen LogP contribution in [-0.4, -0.2) is 39.6 Å². The average Bonchev–Trinajstić information content (AvgIpc) is 3.15. The van der Waals surface area contributed by atoms with Gasteiger partial charge in [0.2, 0.25) is 0 Å². The molecule has 1 fully saturated rings. The van der Waals surface area contributed by atoms with Gasteiger partial charge in [0, 0.05) is 36.1 Å². The fourth-order valence-electron chi connectivity index (χ4n) is 3.09. The van der Waals surface area contributed by atoms with Gasteiger partial charge < -0.3 is 9.72 Å². The standard InChI is InChI=1S/C19H19ClN4O/c20-16-3-1-14(2-4-16)12-24-9-10-25-13-18(24)19-22-11-17(23-19)15-5-7-21-8-6-15/h1-8,11,18H,9-10,12-13H2,(H,22,23)/t18-/m0/s1. The summed E-state index contributed by atoms with van der Waals surface area (Å²) in [6.07, 6.45) is 5.44. The third-order valence-electron chi connectivity index (χ3n) is 4.44. The molecular weight excluding hydrogens is 336 g/mol. The number of rotatable bonds is 4. The fraction of sp³-hybridized carbons (Fsp3) is 0.263. The monoisotopic (exact) mass is 354 g/mol. The second-order valence-electron chi connectivity index (χ2n) is 6.11. The van der Waals surface area contributed by atoms with Crippen LogP contribution < -0.4 is 0 Å². The highest BCUT2D eigenvalue weighted by Crippen LogP contribution is 2.26. The molecule has 3 aromatic rings. The maximum absolute atomic E-state index is 5.99. The van der Waals surface area contributed by atoms with Crippen LogP contribution in [-0.2, 0) is 11.3 Å². The molecule has 1 aliphatic heterocycles. The molecule has 1 aromatic carbocycles. The van der Waals surface area contributed by atoms with Gasteiger partial charge in [-0.1, -0.05) is 23.7 Å². The summed E-state index contributed by atoms with van der Waals surface area (Å²) in [5.41, 5.74) is 3.31. The Kier molecular flexibility index (Phi) is 4.78. The van der Waals surface area contributed by atoms with Gasteiger partial charge in [-0.15, -0.1) is 0 Å². The van der Waals surface area contributed by atoms with E-state index in [2.05, 4.69) is 32.0 Å². The lowest BCUT2D eigenvalue weighted by molar-refractivity contribution is -0.0156. The first-order chi connectivity index (χ1) is 12.3. The van der Waals surface area contributed by atoms with E-state index in [1.54, 1.807) is 12.4 Å². The lowest BCUT2D eigenvalue weighted by atomic mass is 10.1. The molecule has 128 valence electrons. The van der Waals surface area contributed by atoms with Crippen LogP contribution in [0.15, 0.2) is 55.0 Å². The highest BCUT2D eigenvalue weighted by Gasteiger charge is 2.27. The van der Waals surface area contributed by atoms with Crippen molar-refractivity contribution in [2.24, 2.45) is 0 Å². The largest absolute Gasteiger partial charge is 0.378 e. The van der Waals surface area contributed by atoms with E-state index < -0.39 is 0 Å². The predicted octanol–water partition coefficient (Wildman–Crippen LogP) is 3.70. The van der Waals surface area contributed by atoms with Crippen molar-refractivity contribution in [3.63, 3.8) is 0 Å². The Morgan fingerprint density at radius 2 is 1.96 bits per heavy atom. The number of benzene rings is 1. The summed E-state index contributed by atoms with van der Waals surface area (Å²) in [5.74, 6) is 0.931. The van der Waals surface area contributed by atoms with Crippen molar-refractivity contribution < 1.29 is 4.74 Å². The first kappa shape index (κ1) is 16.3. The summed E-state index contributed by atoms with van der Waals surface area (Å²) in [7, 11) is 0. The molecule has 1 aliphatic rings. The van der Waals surface area contributed by atoms with Gasteiger partial charge in [0.15, 0.2) is 0 Å². The molecule has 5 nitrogen and oxygen atoms in total. The van der Waals surface area contributed by atoms with Crippen molar-refractivity contribution in [3.8, 4) is 11.3 Å². The van der Waals surface area contributed by atoms with E-state index in [-0.39, 0.29) is 6.04 Å². The smallest absolute Gasteiger partial charge is 0.126 e. The third-order valence-corrected chi connectivity index (χ3v) is 4.69. The summed E-state index contributed by atoms with van der Waals surface area (Å²) in [4.78, 5) is 14.5. The molecule has 1 N–H and O–H groups in total. The number of aromatic nitrogens is 3. The molecule has 2 aromatic heterocycles. The molecule has 0 saturated carbocycles. The number of aromatic amines is 1. The van der Waals surface area contributed by atoms with Crippen LogP contribution in [0.2, 0.25) is 5.02 Å². The lowest BCUT2D eigenvalue weighted by Crippen LogP contribution is -2.39. The van der Waals surface area contributed by atoms with Crippen molar-refractivity contribution >= 4 is 11.6 Å². The molecule has 0 bridgehead atoms. The molecule has 3 heterocycles. The maximum atomic E-state index is 5.99. The number of morpholine rings is 1. The SMILES string of the molecule is Clc1ccc(CN2CCOC[C@H]2c2ncc(-c3ccncc3)[nH]2)cc1. The Morgan fingerprint density at radius 3 is 2.76 bits per heavy atom. The summed E-state index contributed by atoms with van der Waals surface area (Å²) in [6, 6.07) is 12.1. The van der Waals surface area contributed by atoms with Crippen LogP contribution in [0.25, 0.3) is 11.3 Å². The van der Waals surface area contributed by atoms with Crippen LogP contribution in [0.5, 0.6) is 0 Å². The maximum Gasteiger partial charge on any atom is 0.126 e. The molecule has 0 radical (unpaired) electrons. The second-order valence-corrected chi connectivity index (χ2v) is 6.54. The van der Waals surface area contributed by atoms with Crippen molar-refractivity contribution in [3.05, 3.63) is 71.4 Å². The van der Waals surface area contributed by atoms with Crippen molar-refractivity contribution in [2.45, 2.75) is 12.6 Å². The number of imidazole rings is 1. The number of hydrogen-bond acceptors (Lipinski definition) is 4. The summed E-state index contributed by atoms with van der Waals surface area (Å²) in [6.45, 7) is 3.09. The topological polar surface area (TPSA) is 54.0 Å². The summed E-state index contributed by atoms with van der Waals surface area (Å²) in [5, 5.41) is 0.760. The van der Waals surface area contributed by atoms with Gasteiger partial charge in [0.1, 0.15) is 5.82 Å². The molecule has 1 saturated heterocycles. The molecular formula is C19H19ClN4O. The highest BCUT2D eigenvalue weighted by atomic mass is 35.5. The van der Waals surface area contributed by atoms with E-state index >= 15 is 0 Å². The zero-order valence-electron chi connectivity index (χ0n) is 13.7. The van der Waals surface area contributed by atoms with Gasteiger partial charge in [-0.05, 0) is 29.8 Å². The number of H-pyrrole nitrogens is 1. The Balaban J connectivity index is 1.55. The van der Waals surface area contributed by atoms with Gasteiger partial charge >= 0.3 is 0 Å². The van der Waals surface area contributed by atoms with Gasteiger partial charge in [0.05, 0.1) is 31.1 Å². The van der Waals surface area contributed by atoms with Crippen LogP contribution in [0.4, 0.5) is 0 Å². The summed E-state index contributed by atoms with van der Waals surface area (Å²) < 4.78 is 5.71. The lowest BCUT2D eigenvalue weighted by Gasteiger charge is -2.34. The number of ether oxygens (including phenoxy) is 1. The van der Waals surface area contributed by atoms with Crippen molar-refractivity contribution in [1.29, 1.82) is 0 Å². The van der Waals surface area contributed by atoms with E-state index in [1.807, 2.05) is 30.5 Å². The summed E-state index contributed by atoms with van der Waals surface area (Å²) >= 11 is 5.99. The number of nitrogens with one attached hydrogen (secondary N) is 1. The first-order valence-electron chi connectivity index (χ1n) is 8.31. The zero-order valence-corrected chi connectivity index (χ0v) is 14.5. The third kappa shape index (κ3) is 3.74. The number of nitrogens with zero attached hydrogens (tertiary/aromatic N) is 3. The predicted molar refractivity (Wildman–Crippen MR) is 97.2 cm³/mol. The van der Waals surface area contributed by atoms with Gasteiger partial charge in [-0.25, -0.2) is 4.98 Å². The molecule has 0 aliphatic carbocycles. The van der Waals surface area contributed by atoms with Gasteiger partial charge in [0.25, 0.3) is 0 Å². The minimum atomic E-state index is 0.111. The Bertz CT molecular complexity index is 819. The first-order valence-corrected chi connectivity index (χ1v) is 8.69. The quantitative estimate of drug-likeness (QED) is 0.776. The molecule has 25 heavy (non-hydrogen) atoms. The highest BCUT2D eigenvalue weighted by molar-refractivity contribution is 6.30. The molecule has 0 unspecified atom stereocenters. The Morgan fingerprint density at radius 1 is 1.16 bits per heavy atom. The van der Waals surface area contributed by atoms with E-state index in [9.17, 15) is 0 Å². The van der Waals surface area contributed by atoms with E-state index in [0.29, 0.717) is 6.61 Å². The minimum Gasteiger partial charge on any atom is -0.378 e. The van der Waals surface area contributed by atoms with Gasteiger partial charge in [-0.3, -0.25) is 9.88 Å². The van der Waals surface area contributed by atoms with Crippen LogP contribution in [0, 0.1) is 0 Å². The normalized spacial score (nSPS) is 18.4. The molecule has 4 rings (SSSR count). The molecule has 6 heteroatoms. The van der Waals surface area contributed by atoms with Crippen LogP contribution in [0.3, 0.4) is 0 Å². The molecule has 1 atom stereocenters. The van der Waals surface area contributed by atoms with Crippen LogP contribution >= 0.6 is 11.6 Å².